The summed E-state index contributed by atoms with van der Waals surface area (Å²) in [6.45, 7) is 1.93. The first-order valence-electron chi connectivity index (χ1n) is 7.33. The second kappa shape index (κ2) is 7.07. The Hall–Kier alpha value is -2.36. The molecule has 22 heavy (non-hydrogen) atoms. The highest BCUT2D eigenvalue weighted by Gasteiger charge is 2.17. The first-order valence-corrected chi connectivity index (χ1v) is 7.33. The molecule has 0 aliphatic carbocycles. The molecule has 0 spiro atoms. The lowest BCUT2D eigenvalue weighted by Crippen LogP contribution is -2.29. The van der Waals surface area contributed by atoms with Gasteiger partial charge in [-0.25, -0.2) is 4.39 Å². The number of nitrogens with zero attached hydrogens (tertiary/aromatic N) is 1. The van der Waals surface area contributed by atoms with Gasteiger partial charge < -0.3 is 10.6 Å². The molecular formula is C18H21FN2O. The molecule has 0 saturated carbocycles. The molecule has 4 heteroatoms. The molecule has 2 N–H and O–H groups in total. The number of rotatable bonds is 5. The van der Waals surface area contributed by atoms with Crippen LogP contribution in [0.4, 0.5) is 10.1 Å². The van der Waals surface area contributed by atoms with E-state index in [4.69, 9.17) is 5.73 Å². The van der Waals surface area contributed by atoms with E-state index in [1.165, 1.54) is 12.1 Å². The van der Waals surface area contributed by atoms with E-state index in [0.29, 0.717) is 18.5 Å². The zero-order valence-electron chi connectivity index (χ0n) is 12.9. The van der Waals surface area contributed by atoms with Crippen molar-refractivity contribution in [3.8, 4) is 0 Å². The highest BCUT2D eigenvalue weighted by Crippen LogP contribution is 2.21. The summed E-state index contributed by atoms with van der Waals surface area (Å²) in [4.78, 5) is 14.0. The molecular weight excluding hydrogens is 279 g/mol. The van der Waals surface area contributed by atoms with Gasteiger partial charge in [-0.3, -0.25) is 4.79 Å². The number of carbonyl (C=O) groups is 1. The Balaban J connectivity index is 1.97. The molecule has 2 aromatic rings. The zero-order valence-corrected chi connectivity index (χ0v) is 12.9. The van der Waals surface area contributed by atoms with Gasteiger partial charge in [0.25, 0.3) is 0 Å². The van der Waals surface area contributed by atoms with Crippen molar-refractivity contribution in [1.82, 2.24) is 4.90 Å². The van der Waals surface area contributed by atoms with Crippen molar-refractivity contribution in [2.24, 2.45) is 0 Å². The molecule has 0 aliphatic rings. The van der Waals surface area contributed by atoms with E-state index < -0.39 is 0 Å². The monoisotopic (exact) mass is 300 g/mol. The molecule has 0 fully saturated rings. The van der Waals surface area contributed by atoms with Crippen molar-refractivity contribution < 1.29 is 9.18 Å². The predicted octanol–water partition coefficient (Wildman–Crippen LogP) is 3.56. The Morgan fingerprint density at radius 3 is 2.45 bits per heavy atom. The smallest absolute Gasteiger partial charge is 0.223 e. The summed E-state index contributed by atoms with van der Waals surface area (Å²) in [5, 5.41) is 0. The third kappa shape index (κ3) is 3.85. The maximum absolute atomic E-state index is 13.0. The molecule has 1 atom stereocenters. The molecule has 0 heterocycles. The minimum Gasteiger partial charge on any atom is -0.399 e. The summed E-state index contributed by atoms with van der Waals surface area (Å²) in [5.41, 5.74) is 8.50. The molecule has 2 rings (SSSR count). The van der Waals surface area contributed by atoms with E-state index in [-0.39, 0.29) is 17.8 Å². The van der Waals surface area contributed by atoms with Gasteiger partial charge in [0.15, 0.2) is 0 Å². The number of hydrogen-bond acceptors (Lipinski definition) is 2. The van der Waals surface area contributed by atoms with E-state index in [1.54, 1.807) is 24.1 Å². The fraction of sp³-hybridized carbons (Fsp3) is 0.278. The van der Waals surface area contributed by atoms with Crippen molar-refractivity contribution in [3.05, 3.63) is 65.5 Å². The third-order valence-electron chi connectivity index (χ3n) is 3.99. The highest BCUT2D eigenvalue weighted by atomic mass is 19.1. The van der Waals surface area contributed by atoms with Crippen molar-refractivity contribution >= 4 is 11.6 Å². The van der Waals surface area contributed by atoms with Crippen molar-refractivity contribution in [1.29, 1.82) is 0 Å². The van der Waals surface area contributed by atoms with Crippen LogP contribution in [0.3, 0.4) is 0 Å². The zero-order chi connectivity index (χ0) is 16.1. The maximum Gasteiger partial charge on any atom is 0.223 e. The van der Waals surface area contributed by atoms with Crippen LogP contribution in [0.1, 0.15) is 30.5 Å². The Kier molecular flexibility index (Phi) is 5.15. The van der Waals surface area contributed by atoms with E-state index >= 15 is 0 Å². The summed E-state index contributed by atoms with van der Waals surface area (Å²) in [7, 11) is 1.77. The topological polar surface area (TPSA) is 46.3 Å². The number of anilines is 1. The summed E-state index contributed by atoms with van der Waals surface area (Å²) >= 11 is 0. The van der Waals surface area contributed by atoms with Crippen LogP contribution in [-0.2, 0) is 11.2 Å². The molecule has 1 amide bonds. The van der Waals surface area contributed by atoms with E-state index in [0.717, 1.165) is 11.1 Å². The molecule has 0 radical (unpaired) electrons. The van der Waals surface area contributed by atoms with Gasteiger partial charge in [-0.1, -0.05) is 30.3 Å². The number of halogens is 1. The number of para-hydroxylation sites is 1. The summed E-state index contributed by atoms with van der Waals surface area (Å²) in [6.07, 6.45) is 1.02. The lowest BCUT2D eigenvalue weighted by atomic mass is 10.0. The van der Waals surface area contributed by atoms with Gasteiger partial charge in [0.1, 0.15) is 5.82 Å². The maximum atomic E-state index is 13.0. The molecule has 0 saturated heterocycles. The number of aryl methyl sites for hydroxylation is 1. The fourth-order valence-corrected chi connectivity index (χ4v) is 2.36. The Morgan fingerprint density at radius 1 is 1.18 bits per heavy atom. The van der Waals surface area contributed by atoms with Crippen LogP contribution in [0, 0.1) is 5.82 Å². The minimum absolute atomic E-state index is 0.0417. The van der Waals surface area contributed by atoms with Crippen LogP contribution in [0.5, 0.6) is 0 Å². The standard InChI is InChI=1S/C18H21FN2O/c1-13(14-7-10-16(19)11-8-14)21(2)18(22)12-9-15-5-3-4-6-17(15)20/h3-8,10-11,13H,9,12,20H2,1-2H3. The molecule has 1 unspecified atom stereocenters. The number of nitrogens with two attached hydrogens (primary N) is 1. The van der Waals surface area contributed by atoms with Gasteiger partial charge in [-0.05, 0) is 42.7 Å². The van der Waals surface area contributed by atoms with Crippen molar-refractivity contribution in [2.75, 3.05) is 12.8 Å². The Labute approximate surface area is 130 Å². The summed E-state index contributed by atoms with van der Waals surface area (Å²) < 4.78 is 13.0. The van der Waals surface area contributed by atoms with Crippen LogP contribution in [0.2, 0.25) is 0 Å². The Bertz CT molecular complexity index is 640. The second-order valence-electron chi connectivity index (χ2n) is 5.43. The van der Waals surface area contributed by atoms with E-state index in [9.17, 15) is 9.18 Å². The fourth-order valence-electron chi connectivity index (χ4n) is 2.36. The number of amides is 1. The minimum atomic E-state index is -0.274. The van der Waals surface area contributed by atoms with Crippen molar-refractivity contribution in [2.45, 2.75) is 25.8 Å². The SMILES string of the molecule is CC(c1ccc(F)cc1)N(C)C(=O)CCc1ccccc1N. The molecule has 3 nitrogen and oxygen atoms in total. The first kappa shape index (κ1) is 16.0. The van der Waals surface area contributed by atoms with Gasteiger partial charge in [0, 0.05) is 19.2 Å². The quantitative estimate of drug-likeness (QED) is 0.858. The molecule has 2 aromatic carbocycles. The average molecular weight is 300 g/mol. The normalized spacial score (nSPS) is 12.0. The van der Waals surface area contributed by atoms with E-state index in [2.05, 4.69) is 0 Å². The van der Waals surface area contributed by atoms with Crippen molar-refractivity contribution in [3.63, 3.8) is 0 Å². The highest BCUT2D eigenvalue weighted by molar-refractivity contribution is 5.77. The average Bonchev–Trinajstić information content (AvgIpc) is 2.53. The number of benzene rings is 2. The molecule has 0 aliphatic heterocycles. The van der Waals surface area contributed by atoms with Gasteiger partial charge in [0.2, 0.25) is 5.91 Å². The number of hydrogen-bond donors (Lipinski definition) is 1. The van der Waals surface area contributed by atoms with Gasteiger partial charge in [-0.15, -0.1) is 0 Å². The van der Waals surface area contributed by atoms with Crippen LogP contribution < -0.4 is 5.73 Å². The second-order valence-corrected chi connectivity index (χ2v) is 5.43. The summed E-state index contributed by atoms with van der Waals surface area (Å²) in [5.74, 6) is -0.232. The van der Waals surface area contributed by atoms with Crippen LogP contribution in [-0.4, -0.2) is 17.9 Å². The lowest BCUT2D eigenvalue weighted by molar-refractivity contribution is -0.131. The van der Waals surface area contributed by atoms with Gasteiger partial charge in [-0.2, -0.15) is 0 Å². The molecule has 116 valence electrons. The lowest BCUT2D eigenvalue weighted by Gasteiger charge is -2.25. The summed E-state index contributed by atoms with van der Waals surface area (Å²) in [6, 6.07) is 13.7. The Morgan fingerprint density at radius 2 is 1.82 bits per heavy atom. The van der Waals surface area contributed by atoms with Crippen LogP contribution in [0.25, 0.3) is 0 Å². The number of carbonyl (C=O) groups excluding carboxylic acids is 1. The molecule has 0 aromatic heterocycles. The largest absolute Gasteiger partial charge is 0.399 e. The first-order chi connectivity index (χ1) is 10.5. The van der Waals surface area contributed by atoms with Gasteiger partial charge in [0.05, 0.1) is 6.04 Å². The van der Waals surface area contributed by atoms with Crippen LogP contribution >= 0.6 is 0 Å². The third-order valence-corrected chi connectivity index (χ3v) is 3.99. The number of nitrogen functional groups attached to an aromatic ring is 1. The molecule has 0 bridgehead atoms. The van der Waals surface area contributed by atoms with Gasteiger partial charge >= 0.3 is 0 Å². The van der Waals surface area contributed by atoms with Crippen LogP contribution in [0.15, 0.2) is 48.5 Å². The predicted molar refractivity (Wildman–Crippen MR) is 86.8 cm³/mol. The van der Waals surface area contributed by atoms with E-state index in [1.807, 2.05) is 31.2 Å².